The Hall–Kier alpha value is -2.61. The first-order chi connectivity index (χ1) is 14.9. The maximum absolute atomic E-state index is 12.9. The van der Waals surface area contributed by atoms with Gasteiger partial charge in [0, 0.05) is 31.8 Å². The standard InChI is InChI=1S/C23H27ClO8/c1-10-7-17(30-22(28)23(6,9-24)32-14(5)26)19-12(3)21(27)31-20(19)18-11(2)16(8-15(10)18)29-13(4)25/h15-20H,1-3,7-9H2,4-6H3. The zero-order chi connectivity index (χ0) is 24.0. The third-order valence-electron chi connectivity index (χ3n) is 6.37. The van der Waals surface area contributed by atoms with E-state index in [0.717, 1.165) is 5.57 Å². The van der Waals surface area contributed by atoms with Crippen LogP contribution >= 0.6 is 11.6 Å². The van der Waals surface area contributed by atoms with Crippen LogP contribution in [0.2, 0.25) is 0 Å². The Morgan fingerprint density at radius 1 is 1.12 bits per heavy atom. The summed E-state index contributed by atoms with van der Waals surface area (Å²) >= 11 is 5.90. The average molecular weight is 467 g/mol. The molecule has 1 heterocycles. The molecule has 0 N–H and O–H groups in total. The Morgan fingerprint density at radius 3 is 2.34 bits per heavy atom. The van der Waals surface area contributed by atoms with Gasteiger partial charge in [-0.15, -0.1) is 11.6 Å². The van der Waals surface area contributed by atoms with Crippen LogP contribution in [-0.2, 0) is 38.1 Å². The van der Waals surface area contributed by atoms with E-state index < -0.39 is 53.7 Å². The second-order valence-electron chi connectivity index (χ2n) is 8.73. The third kappa shape index (κ3) is 4.20. The second-order valence-corrected chi connectivity index (χ2v) is 8.99. The number of ether oxygens (including phenoxy) is 4. The fourth-order valence-corrected chi connectivity index (χ4v) is 5.04. The van der Waals surface area contributed by atoms with Crippen LogP contribution in [0.4, 0.5) is 0 Å². The Kier molecular flexibility index (Phi) is 6.56. The number of carbonyl (C=O) groups excluding carboxylic acids is 4. The summed E-state index contributed by atoms with van der Waals surface area (Å²) in [6, 6.07) is 0. The number of rotatable bonds is 5. The Bertz CT molecular complexity index is 908. The molecule has 8 nitrogen and oxygen atoms in total. The van der Waals surface area contributed by atoms with Crippen LogP contribution in [-0.4, -0.2) is 53.7 Å². The summed E-state index contributed by atoms with van der Waals surface area (Å²) in [7, 11) is 0. The second kappa shape index (κ2) is 8.73. The molecule has 3 rings (SSSR count). The predicted molar refractivity (Wildman–Crippen MR) is 113 cm³/mol. The van der Waals surface area contributed by atoms with Gasteiger partial charge in [0.15, 0.2) is 0 Å². The molecule has 32 heavy (non-hydrogen) atoms. The van der Waals surface area contributed by atoms with E-state index in [-0.39, 0.29) is 29.7 Å². The number of hydrogen-bond acceptors (Lipinski definition) is 8. The lowest BCUT2D eigenvalue weighted by Gasteiger charge is -2.31. The molecular weight excluding hydrogens is 440 g/mol. The van der Waals surface area contributed by atoms with Crippen LogP contribution in [0, 0.1) is 17.8 Å². The molecule has 174 valence electrons. The largest absolute Gasteiger partial charge is 0.458 e. The van der Waals surface area contributed by atoms with Crippen molar-refractivity contribution in [3.63, 3.8) is 0 Å². The quantitative estimate of drug-likeness (QED) is 0.200. The normalized spacial score (nSPS) is 33.4. The molecule has 0 radical (unpaired) electrons. The van der Waals surface area contributed by atoms with E-state index in [0.29, 0.717) is 12.0 Å². The summed E-state index contributed by atoms with van der Waals surface area (Å²) in [6.07, 6.45) is -1.39. The summed E-state index contributed by atoms with van der Waals surface area (Å²) < 4.78 is 21.9. The van der Waals surface area contributed by atoms with Crippen molar-refractivity contribution in [1.29, 1.82) is 0 Å². The first-order valence-corrected chi connectivity index (χ1v) is 10.8. The minimum absolute atomic E-state index is 0.171. The Labute approximate surface area is 191 Å². The van der Waals surface area contributed by atoms with Gasteiger partial charge in [-0.25, -0.2) is 9.59 Å². The van der Waals surface area contributed by atoms with Gasteiger partial charge in [-0.2, -0.15) is 0 Å². The Balaban J connectivity index is 1.93. The molecule has 0 aromatic carbocycles. The van der Waals surface area contributed by atoms with Crippen LogP contribution in [0.15, 0.2) is 36.5 Å². The number of esters is 4. The number of halogens is 1. The molecule has 9 heteroatoms. The summed E-state index contributed by atoms with van der Waals surface area (Å²) in [5.41, 5.74) is -0.144. The number of carbonyl (C=O) groups is 4. The molecule has 7 unspecified atom stereocenters. The molecular formula is C23H27ClO8. The van der Waals surface area contributed by atoms with Crippen molar-refractivity contribution in [3.8, 4) is 0 Å². The zero-order valence-electron chi connectivity index (χ0n) is 18.4. The van der Waals surface area contributed by atoms with Crippen molar-refractivity contribution >= 4 is 35.5 Å². The fraction of sp³-hybridized carbons (Fsp3) is 0.565. The van der Waals surface area contributed by atoms with Gasteiger partial charge >= 0.3 is 23.9 Å². The maximum Gasteiger partial charge on any atom is 0.351 e. The molecule has 1 aliphatic heterocycles. The minimum Gasteiger partial charge on any atom is -0.458 e. The van der Waals surface area contributed by atoms with E-state index in [1.165, 1.54) is 20.8 Å². The first-order valence-electron chi connectivity index (χ1n) is 10.3. The van der Waals surface area contributed by atoms with Crippen molar-refractivity contribution in [1.82, 2.24) is 0 Å². The van der Waals surface area contributed by atoms with Crippen LogP contribution < -0.4 is 0 Å². The highest BCUT2D eigenvalue weighted by molar-refractivity contribution is 6.20. The molecule has 7 atom stereocenters. The molecule has 2 aliphatic carbocycles. The SMILES string of the molecule is C=C1CC(OC(=O)C(C)(CCl)OC(C)=O)C2C(=C)C(=O)OC2C2C(=C)C(OC(C)=O)CC12. The highest BCUT2D eigenvalue weighted by atomic mass is 35.5. The molecule has 3 aliphatic rings. The van der Waals surface area contributed by atoms with Gasteiger partial charge in [-0.3, -0.25) is 9.59 Å². The van der Waals surface area contributed by atoms with Crippen LogP contribution in [0.3, 0.4) is 0 Å². The molecule has 2 saturated carbocycles. The fourth-order valence-electron chi connectivity index (χ4n) is 4.88. The van der Waals surface area contributed by atoms with Crippen molar-refractivity contribution in [3.05, 3.63) is 36.5 Å². The topological polar surface area (TPSA) is 105 Å². The highest BCUT2D eigenvalue weighted by Crippen LogP contribution is 2.53. The highest BCUT2D eigenvalue weighted by Gasteiger charge is 2.58. The summed E-state index contributed by atoms with van der Waals surface area (Å²) in [6.45, 7) is 16.0. The van der Waals surface area contributed by atoms with Crippen molar-refractivity contribution in [2.75, 3.05) is 5.88 Å². The lowest BCUT2D eigenvalue weighted by atomic mass is 9.81. The molecule has 0 spiro atoms. The van der Waals surface area contributed by atoms with Crippen molar-refractivity contribution < 1.29 is 38.1 Å². The number of hydrogen-bond donors (Lipinski definition) is 0. The molecule has 1 saturated heterocycles. The van der Waals surface area contributed by atoms with Gasteiger partial charge in [-0.1, -0.05) is 25.3 Å². The van der Waals surface area contributed by atoms with E-state index in [2.05, 4.69) is 19.7 Å². The molecule has 3 fully saturated rings. The van der Waals surface area contributed by atoms with Gasteiger partial charge in [0.05, 0.1) is 11.8 Å². The van der Waals surface area contributed by atoms with Crippen molar-refractivity contribution in [2.45, 2.75) is 57.5 Å². The van der Waals surface area contributed by atoms with E-state index in [1.54, 1.807) is 0 Å². The molecule has 0 amide bonds. The van der Waals surface area contributed by atoms with Gasteiger partial charge < -0.3 is 18.9 Å². The van der Waals surface area contributed by atoms with Gasteiger partial charge in [0.1, 0.15) is 18.3 Å². The summed E-state index contributed by atoms with van der Waals surface area (Å²) in [5, 5.41) is 0. The lowest BCUT2D eigenvalue weighted by molar-refractivity contribution is -0.182. The maximum atomic E-state index is 12.9. The van der Waals surface area contributed by atoms with E-state index >= 15 is 0 Å². The summed E-state index contributed by atoms with van der Waals surface area (Å²) in [5.74, 6) is -4.06. The Morgan fingerprint density at radius 2 is 1.78 bits per heavy atom. The number of fused-ring (bicyclic) bond motifs is 3. The monoisotopic (exact) mass is 466 g/mol. The molecule has 0 aromatic rings. The van der Waals surface area contributed by atoms with Gasteiger partial charge in [0.25, 0.3) is 0 Å². The van der Waals surface area contributed by atoms with Gasteiger partial charge in [-0.05, 0) is 24.8 Å². The average Bonchev–Trinajstić information content (AvgIpc) is 3.12. The van der Waals surface area contributed by atoms with E-state index in [1.807, 2.05) is 0 Å². The third-order valence-corrected chi connectivity index (χ3v) is 6.88. The van der Waals surface area contributed by atoms with Gasteiger partial charge in [0.2, 0.25) is 5.60 Å². The van der Waals surface area contributed by atoms with Crippen LogP contribution in [0.1, 0.15) is 33.6 Å². The van der Waals surface area contributed by atoms with Crippen LogP contribution in [0.25, 0.3) is 0 Å². The van der Waals surface area contributed by atoms with E-state index in [9.17, 15) is 19.2 Å². The van der Waals surface area contributed by atoms with E-state index in [4.69, 9.17) is 30.5 Å². The lowest BCUT2D eigenvalue weighted by Crippen LogP contribution is -2.46. The van der Waals surface area contributed by atoms with Crippen molar-refractivity contribution in [2.24, 2.45) is 17.8 Å². The van der Waals surface area contributed by atoms with Crippen LogP contribution in [0.5, 0.6) is 0 Å². The minimum atomic E-state index is -1.69. The first kappa shape index (κ1) is 24.0. The smallest absolute Gasteiger partial charge is 0.351 e. The zero-order valence-corrected chi connectivity index (χ0v) is 19.1. The summed E-state index contributed by atoms with van der Waals surface area (Å²) in [4.78, 5) is 48.3. The molecule has 0 aromatic heterocycles. The molecule has 0 bridgehead atoms. The number of alkyl halides is 1. The predicted octanol–water partition coefficient (Wildman–Crippen LogP) is 2.64.